The number of epoxide rings is 1. The van der Waals surface area contributed by atoms with E-state index in [4.69, 9.17) is 4.74 Å². The van der Waals surface area contributed by atoms with Crippen LogP contribution in [0.1, 0.15) is 40.5 Å². The zero-order valence-electron chi connectivity index (χ0n) is 10.7. The van der Waals surface area contributed by atoms with Crippen molar-refractivity contribution in [1.82, 2.24) is 0 Å². The molecule has 1 saturated carbocycles. The Kier molecular flexibility index (Phi) is 2.38. The highest BCUT2D eigenvalue weighted by molar-refractivity contribution is 5.34. The average Bonchev–Trinajstić information content (AvgIpc) is 2.67. The third-order valence-electron chi connectivity index (χ3n) is 4.11. The Morgan fingerprint density at radius 3 is 2.50 bits per heavy atom. The summed E-state index contributed by atoms with van der Waals surface area (Å²) in [5.74, 6) is 0. The Labute approximate surface area is 98.0 Å². The Morgan fingerprint density at radius 2 is 2.00 bits per heavy atom. The van der Waals surface area contributed by atoms with E-state index in [2.05, 4.69) is 33.4 Å². The van der Waals surface area contributed by atoms with E-state index >= 15 is 0 Å². The zero-order chi connectivity index (χ0) is 12.2. The number of rotatable bonds is 2. The molecule has 0 aromatic heterocycles. The summed E-state index contributed by atoms with van der Waals surface area (Å²) in [6.45, 7) is 12.3. The van der Waals surface area contributed by atoms with E-state index < -0.39 is 0 Å². The first-order valence-electron chi connectivity index (χ1n) is 5.95. The molecule has 0 bridgehead atoms. The van der Waals surface area contributed by atoms with Crippen molar-refractivity contribution in [3.8, 4) is 0 Å². The second-order valence-electron chi connectivity index (χ2n) is 6.19. The molecule has 16 heavy (non-hydrogen) atoms. The Balaban J connectivity index is 2.31. The second-order valence-corrected chi connectivity index (χ2v) is 6.19. The third-order valence-corrected chi connectivity index (χ3v) is 4.11. The summed E-state index contributed by atoms with van der Waals surface area (Å²) in [6, 6.07) is 0. The maximum Gasteiger partial charge on any atom is 0.121 e. The molecule has 90 valence electrons. The molecule has 0 radical (unpaired) electrons. The van der Waals surface area contributed by atoms with Crippen LogP contribution >= 0.6 is 0 Å². The van der Waals surface area contributed by atoms with Gasteiger partial charge >= 0.3 is 0 Å². The molecule has 0 spiro atoms. The molecule has 0 amide bonds. The molecule has 1 heterocycles. The van der Waals surface area contributed by atoms with Crippen molar-refractivity contribution >= 4 is 0 Å². The van der Waals surface area contributed by atoms with Gasteiger partial charge in [-0.05, 0) is 26.3 Å². The fourth-order valence-electron chi connectivity index (χ4n) is 3.34. The lowest BCUT2D eigenvalue weighted by Crippen LogP contribution is -2.46. The Bertz CT molecular complexity index is 356. The van der Waals surface area contributed by atoms with Crippen LogP contribution in [0.2, 0.25) is 0 Å². The number of aliphatic hydroxyl groups is 1. The normalized spacial score (nSPS) is 45.4. The highest BCUT2D eigenvalue weighted by atomic mass is 16.6. The lowest BCUT2D eigenvalue weighted by atomic mass is 9.63. The molecule has 2 nitrogen and oxygen atoms in total. The van der Waals surface area contributed by atoms with Gasteiger partial charge in [-0.15, -0.1) is 0 Å². The minimum atomic E-state index is -0.242. The second kappa shape index (κ2) is 3.21. The maximum absolute atomic E-state index is 9.88. The highest BCUT2D eigenvalue weighted by Gasteiger charge is 2.74. The molecule has 1 N–H and O–H groups in total. The van der Waals surface area contributed by atoms with Crippen LogP contribution < -0.4 is 0 Å². The van der Waals surface area contributed by atoms with Gasteiger partial charge in [0.05, 0.1) is 6.10 Å². The standard InChI is InChI=1S/C14H22O2/c1-10(2)6-7-14-12(3,4)8-11(15)9-13(14,5)16-14/h6-7,11,15H,1,8-9H2,2-5H3/b7-6+/t11-,13+,14-/m0/s1. The van der Waals surface area contributed by atoms with Crippen LogP contribution in [0.5, 0.6) is 0 Å². The van der Waals surface area contributed by atoms with Crippen molar-refractivity contribution in [3.05, 3.63) is 24.3 Å². The minimum absolute atomic E-state index is 0.0225. The number of fused-ring (bicyclic) bond motifs is 1. The molecule has 1 aliphatic carbocycles. The molecular formula is C14H22O2. The van der Waals surface area contributed by atoms with Gasteiger partial charge in [-0.25, -0.2) is 0 Å². The van der Waals surface area contributed by atoms with Gasteiger partial charge in [0, 0.05) is 11.8 Å². The molecule has 2 rings (SSSR count). The van der Waals surface area contributed by atoms with Gasteiger partial charge in [0.25, 0.3) is 0 Å². The molecular weight excluding hydrogens is 200 g/mol. The first-order chi connectivity index (χ1) is 7.22. The van der Waals surface area contributed by atoms with Crippen LogP contribution in [0, 0.1) is 5.41 Å². The molecule has 0 aromatic carbocycles. The van der Waals surface area contributed by atoms with Gasteiger partial charge in [0.15, 0.2) is 0 Å². The van der Waals surface area contributed by atoms with Gasteiger partial charge < -0.3 is 9.84 Å². The fraction of sp³-hybridized carbons (Fsp3) is 0.714. The smallest absolute Gasteiger partial charge is 0.121 e. The van der Waals surface area contributed by atoms with E-state index in [1.54, 1.807) is 0 Å². The number of hydrogen-bond donors (Lipinski definition) is 1. The number of ether oxygens (including phenoxy) is 1. The van der Waals surface area contributed by atoms with Gasteiger partial charge in [0.2, 0.25) is 0 Å². The summed E-state index contributed by atoms with van der Waals surface area (Å²) in [6.07, 6.45) is 5.46. The van der Waals surface area contributed by atoms with Crippen LogP contribution in [-0.2, 0) is 4.74 Å². The number of aliphatic hydroxyl groups excluding tert-OH is 1. The van der Waals surface area contributed by atoms with Crippen molar-refractivity contribution in [2.75, 3.05) is 0 Å². The quantitative estimate of drug-likeness (QED) is 0.575. The van der Waals surface area contributed by atoms with E-state index in [1.165, 1.54) is 0 Å². The molecule has 1 saturated heterocycles. The topological polar surface area (TPSA) is 32.8 Å². The molecule has 2 aliphatic rings. The van der Waals surface area contributed by atoms with E-state index in [-0.39, 0.29) is 22.7 Å². The summed E-state index contributed by atoms with van der Waals surface area (Å²) < 4.78 is 6.00. The molecule has 2 heteroatoms. The van der Waals surface area contributed by atoms with Gasteiger partial charge in [-0.3, -0.25) is 0 Å². The summed E-state index contributed by atoms with van der Waals surface area (Å²) in [7, 11) is 0. The first-order valence-corrected chi connectivity index (χ1v) is 5.95. The van der Waals surface area contributed by atoms with E-state index in [0.717, 1.165) is 18.4 Å². The van der Waals surface area contributed by atoms with E-state index in [0.29, 0.717) is 0 Å². The lowest BCUT2D eigenvalue weighted by molar-refractivity contribution is 0.0515. The number of hydrogen-bond acceptors (Lipinski definition) is 2. The van der Waals surface area contributed by atoms with Gasteiger partial charge in [-0.2, -0.15) is 0 Å². The van der Waals surface area contributed by atoms with Crippen molar-refractivity contribution in [3.63, 3.8) is 0 Å². The van der Waals surface area contributed by atoms with Crippen molar-refractivity contribution in [2.45, 2.75) is 57.8 Å². The van der Waals surface area contributed by atoms with Crippen molar-refractivity contribution in [2.24, 2.45) is 5.41 Å². The lowest BCUT2D eigenvalue weighted by Gasteiger charge is -2.39. The zero-order valence-corrected chi connectivity index (χ0v) is 10.7. The third kappa shape index (κ3) is 1.47. The minimum Gasteiger partial charge on any atom is -0.393 e. The average molecular weight is 222 g/mol. The maximum atomic E-state index is 9.88. The summed E-state index contributed by atoms with van der Waals surface area (Å²) in [5, 5.41) is 9.88. The highest BCUT2D eigenvalue weighted by Crippen LogP contribution is 2.65. The Hall–Kier alpha value is -0.600. The Morgan fingerprint density at radius 1 is 1.38 bits per heavy atom. The van der Waals surface area contributed by atoms with E-state index in [1.807, 2.05) is 13.0 Å². The molecule has 3 atom stereocenters. The van der Waals surface area contributed by atoms with Crippen LogP contribution in [0.4, 0.5) is 0 Å². The fourth-order valence-corrected chi connectivity index (χ4v) is 3.34. The van der Waals surface area contributed by atoms with Crippen molar-refractivity contribution in [1.29, 1.82) is 0 Å². The predicted molar refractivity (Wildman–Crippen MR) is 65.2 cm³/mol. The van der Waals surface area contributed by atoms with Gasteiger partial charge in [-0.1, -0.05) is 32.1 Å². The summed E-state index contributed by atoms with van der Waals surface area (Å²) in [5.41, 5.74) is 0.609. The van der Waals surface area contributed by atoms with Gasteiger partial charge in [0.1, 0.15) is 11.2 Å². The first kappa shape index (κ1) is 11.9. The molecule has 1 aliphatic heterocycles. The van der Waals surface area contributed by atoms with E-state index in [9.17, 15) is 5.11 Å². The van der Waals surface area contributed by atoms with Crippen LogP contribution in [-0.4, -0.2) is 22.4 Å². The van der Waals surface area contributed by atoms with Crippen molar-refractivity contribution < 1.29 is 9.84 Å². The monoisotopic (exact) mass is 222 g/mol. The number of allylic oxidation sites excluding steroid dienone is 2. The predicted octanol–water partition coefficient (Wildman–Crippen LogP) is 2.83. The van der Waals surface area contributed by atoms with Crippen LogP contribution in [0.15, 0.2) is 24.3 Å². The molecule has 0 unspecified atom stereocenters. The SMILES string of the molecule is C=C(C)/C=C/[C@@]12O[C@]1(C)C[C@@H](O)CC2(C)C. The molecule has 0 aromatic rings. The van der Waals surface area contributed by atoms with Crippen LogP contribution in [0.3, 0.4) is 0 Å². The van der Waals surface area contributed by atoms with Crippen LogP contribution in [0.25, 0.3) is 0 Å². The summed E-state index contributed by atoms with van der Waals surface area (Å²) in [4.78, 5) is 0. The molecule has 2 fully saturated rings. The largest absolute Gasteiger partial charge is 0.393 e. The summed E-state index contributed by atoms with van der Waals surface area (Å²) >= 11 is 0.